The number of hydrogen-bond acceptors (Lipinski definition) is 4. The summed E-state index contributed by atoms with van der Waals surface area (Å²) in [6.07, 6.45) is 0.754. The van der Waals surface area contributed by atoms with Crippen LogP contribution in [0.4, 0.5) is 0 Å². The quantitative estimate of drug-likeness (QED) is 0.844. The van der Waals surface area contributed by atoms with Crippen molar-refractivity contribution in [3.63, 3.8) is 0 Å². The summed E-state index contributed by atoms with van der Waals surface area (Å²) in [7, 11) is 5.61. The van der Waals surface area contributed by atoms with E-state index < -0.39 is 5.97 Å². The number of aliphatic carboxylic acids is 1. The van der Waals surface area contributed by atoms with Gasteiger partial charge in [-0.25, -0.2) is 4.98 Å². The molecule has 0 aliphatic rings. The Bertz CT molecular complexity index is 634. The van der Waals surface area contributed by atoms with Crippen LogP contribution in [0.2, 0.25) is 0 Å². The number of aromatic nitrogens is 2. The van der Waals surface area contributed by atoms with Crippen LogP contribution in [0.1, 0.15) is 18.7 Å². The second kappa shape index (κ2) is 6.58. The molecule has 2 aromatic rings. The van der Waals surface area contributed by atoms with Gasteiger partial charge in [-0.2, -0.15) is 0 Å². The molecule has 0 radical (unpaired) electrons. The van der Waals surface area contributed by atoms with Crippen LogP contribution in [0, 0.1) is 0 Å². The number of aryl methyl sites for hydroxylation is 1. The van der Waals surface area contributed by atoms with Crippen LogP contribution < -0.4 is 4.74 Å². The number of fused-ring (bicyclic) bond motifs is 1. The third-order valence-electron chi connectivity index (χ3n) is 3.26. The summed E-state index contributed by atoms with van der Waals surface area (Å²) in [6, 6.07) is 5.78. The highest BCUT2D eigenvalue weighted by molar-refractivity contribution is 5.77. The summed E-state index contributed by atoms with van der Waals surface area (Å²) in [4.78, 5) is 17.4. The van der Waals surface area contributed by atoms with Gasteiger partial charge in [-0.05, 0) is 32.6 Å². The van der Waals surface area contributed by atoms with Crippen molar-refractivity contribution in [1.29, 1.82) is 0 Å². The van der Waals surface area contributed by atoms with E-state index in [1.54, 1.807) is 7.11 Å². The number of imidazole rings is 1. The minimum absolute atomic E-state index is 0.164. The van der Waals surface area contributed by atoms with Crippen LogP contribution in [-0.2, 0) is 17.9 Å². The van der Waals surface area contributed by atoms with Crippen molar-refractivity contribution in [2.75, 3.05) is 21.2 Å². The predicted molar refractivity (Wildman–Crippen MR) is 80.5 cm³/mol. The molecule has 1 heterocycles. The molecule has 0 aliphatic heterocycles. The Morgan fingerprint density at radius 2 is 2.19 bits per heavy atom. The van der Waals surface area contributed by atoms with Gasteiger partial charge in [0.2, 0.25) is 0 Å². The summed E-state index contributed by atoms with van der Waals surface area (Å²) >= 11 is 0. The summed E-state index contributed by atoms with van der Waals surface area (Å²) in [5, 5.41) is 8.79. The molecule has 0 saturated carbocycles. The number of carbonyl (C=O) groups is 1. The van der Waals surface area contributed by atoms with Gasteiger partial charge < -0.3 is 19.3 Å². The fourth-order valence-electron chi connectivity index (χ4n) is 2.33. The third kappa shape index (κ3) is 3.72. The number of rotatable bonds is 7. The summed E-state index contributed by atoms with van der Waals surface area (Å²) in [6.45, 7) is 1.36. The molecule has 0 spiro atoms. The molecule has 6 heteroatoms. The minimum Gasteiger partial charge on any atom is -0.497 e. The fraction of sp³-hybridized carbons (Fsp3) is 0.467. The monoisotopic (exact) mass is 291 g/mol. The van der Waals surface area contributed by atoms with E-state index in [1.807, 2.05) is 37.2 Å². The first-order valence-corrected chi connectivity index (χ1v) is 6.91. The second-order valence-electron chi connectivity index (χ2n) is 5.27. The van der Waals surface area contributed by atoms with Gasteiger partial charge >= 0.3 is 5.97 Å². The number of carboxylic acid groups (broad SMARTS) is 1. The number of carboxylic acids is 1. The molecule has 0 bridgehead atoms. The van der Waals surface area contributed by atoms with Gasteiger partial charge in [-0.3, -0.25) is 4.79 Å². The second-order valence-corrected chi connectivity index (χ2v) is 5.27. The van der Waals surface area contributed by atoms with Crippen LogP contribution in [0.15, 0.2) is 18.2 Å². The largest absolute Gasteiger partial charge is 0.497 e. The van der Waals surface area contributed by atoms with E-state index in [4.69, 9.17) is 9.84 Å². The van der Waals surface area contributed by atoms with Crippen molar-refractivity contribution in [1.82, 2.24) is 14.5 Å². The smallest absolute Gasteiger partial charge is 0.303 e. The zero-order chi connectivity index (χ0) is 15.4. The normalized spacial score (nSPS) is 11.2. The average Bonchev–Trinajstić information content (AvgIpc) is 2.74. The zero-order valence-electron chi connectivity index (χ0n) is 12.7. The maximum absolute atomic E-state index is 10.7. The molecule has 21 heavy (non-hydrogen) atoms. The molecule has 1 aromatic heterocycles. The molecular formula is C15H21N3O3. The van der Waals surface area contributed by atoms with Gasteiger partial charge in [0, 0.05) is 19.0 Å². The van der Waals surface area contributed by atoms with E-state index >= 15 is 0 Å². The van der Waals surface area contributed by atoms with Gasteiger partial charge in [0.1, 0.15) is 11.6 Å². The Morgan fingerprint density at radius 1 is 1.43 bits per heavy atom. The van der Waals surface area contributed by atoms with E-state index in [-0.39, 0.29) is 6.42 Å². The lowest BCUT2D eigenvalue weighted by molar-refractivity contribution is -0.137. The van der Waals surface area contributed by atoms with Crippen molar-refractivity contribution in [3.8, 4) is 5.75 Å². The molecule has 6 nitrogen and oxygen atoms in total. The van der Waals surface area contributed by atoms with Gasteiger partial charge in [0.05, 0.1) is 24.7 Å². The molecule has 1 aromatic carbocycles. The van der Waals surface area contributed by atoms with Crippen LogP contribution in [0.25, 0.3) is 11.0 Å². The highest BCUT2D eigenvalue weighted by Crippen LogP contribution is 2.23. The lowest BCUT2D eigenvalue weighted by Gasteiger charge is -2.12. The molecule has 1 N–H and O–H groups in total. The number of nitrogens with zero attached hydrogens (tertiary/aromatic N) is 3. The Labute approximate surface area is 124 Å². The summed E-state index contributed by atoms with van der Waals surface area (Å²) in [5.74, 6) is 0.943. The van der Waals surface area contributed by atoms with Crippen molar-refractivity contribution in [2.24, 2.45) is 0 Å². The highest BCUT2D eigenvalue weighted by atomic mass is 16.5. The first-order chi connectivity index (χ1) is 10.0. The van der Waals surface area contributed by atoms with Crippen molar-refractivity contribution in [3.05, 3.63) is 24.0 Å². The number of hydrogen-bond donors (Lipinski definition) is 1. The lowest BCUT2D eigenvalue weighted by atomic mass is 10.2. The van der Waals surface area contributed by atoms with E-state index in [0.29, 0.717) is 19.5 Å². The standard InChI is InChI=1S/C15H21N3O3/c1-17(2)10-14-16-12-9-11(21-3)6-7-13(12)18(14)8-4-5-15(19)20/h6-7,9H,4-5,8,10H2,1-3H3,(H,19,20). The van der Waals surface area contributed by atoms with Gasteiger partial charge in [0.25, 0.3) is 0 Å². The summed E-state index contributed by atoms with van der Waals surface area (Å²) < 4.78 is 7.32. The molecule has 0 atom stereocenters. The number of methoxy groups -OCH3 is 1. The minimum atomic E-state index is -0.768. The van der Waals surface area contributed by atoms with Gasteiger partial charge in [-0.1, -0.05) is 0 Å². The number of benzene rings is 1. The fourth-order valence-corrected chi connectivity index (χ4v) is 2.33. The van der Waals surface area contributed by atoms with Crippen molar-refractivity contribution in [2.45, 2.75) is 25.9 Å². The number of ether oxygens (including phenoxy) is 1. The predicted octanol–water partition coefficient (Wildman–Crippen LogP) is 1.97. The van der Waals surface area contributed by atoms with Crippen LogP contribution >= 0.6 is 0 Å². The van der Waals surface area contributed by atoms with Gasteiger partial charge in [-0.15, -0.1) is 0 Å². The van der Waals surface area contributed by atoms with Crippen molar-refractivity contribution < 1.29 is 14.6 Å². The molecule has 114 valence electrons. The van der Waals surface area contributed by atoms with Crippen LogP contribution in [0.5, 0.6) is 5.75 Å². The molecule has 0 fully saturated rings. The van der Waals surface area contributed by atoms with E-state index in [2.05, 4.69) is 9.55 Å². The Kier molecular flexibility index (Phi) is 4.80. The molecular weight excluding hydrogens is 270 g/mol. The molecule has 0 aliphatic carbocycles. The van der Waals surface area contributed by atoms with E-state index in [1.165, 1.54) is 0 Å². The van der Waals surface area contributed by atoms with Gasteiger partial charge in [0.15, 0.2) is 0 Å². The SMILES string of the molecule is COc1ccc2c(c1)nc(CN(C)C)n2CCCC(=O)O. The Hall–Kier alpha value is -2.08. The molecule has 0 amide bonds. The van der Waals surface area contributed by atoms with E-state index in [0.717, 1.165) is 22.6 Å². The molecule has 0 unspecified atom stereocenters. The Balaban J connectivity index is 2.35. The summed E-state index contributed by atoms with van der Waals surface area (Å²) in [5.41, 5.74) is 1.89. The lowest BCUT2D eigenvalue weighted by Crippen LogP contribution is -2.16. The van der Waals surface area contributed by atoms with Crippen molar-refractivity contribution >= 4 is 17.0 Å². The third-order valence-corrected chi connectivity index (χ3v) is 3.26. The van der Waals surface area contributed by atoms with E-state index in [9.17, 15) is 4.79 Å². The maximum Gasteiger partial charge on any atom is 0.303 e. The maximum atomic E-state index is 10.7. The Morgan fingerprint density at radius 3 is 2.81 bits per heavy atom. The zero-order valence-corrected chi connectivity index (χ0v) is 12.7. The highest BCUT2D eigenvalue weighted by Gasteiger charge is 2.12. The molecule has 0 saturated heterocycles. The first-order valence-electron chi connectivity index (χ1n) is 6.91. The average molecular weight is 291 g/mol. The van der Waals surface area contributed by atoms with Crippen LogP contribution in [0.3, 0.4) is 0 Å². The first kappa shape index (κ1) is 15.3. The molecule has 2 rings (SSSR count). The topological polar surface area (TPSA) is 67.6 Å². The van der Waals surface area contributed by atoms with Crippen LogP contribution in [-0.4, -0.2) is 46.7 Å².